The quantitative estimate of drug-likeness (QED) is 0.775. The molecule has 1 aromatic heterocycles. The molecule has 2 aromatic rings. The van der Waals surface area contributed by atoms with Crippen LogP contribution in [-0.4, -0.2) is 16.5 Å². The normalized spacial score (nSPS) is 10.1. The van der Waals surface area contributed by atoms with Gasteiger partial charge in [0.2, 0.25) is 0 Å². The van der Waals surface area contributed by atoms with Crippen molar-refractivity contribution >= 4 is 5.69 Å². The van der Waals surface area contributed by atoms with Crippen LogP contribution < -0.4 is 5.32 Å². The molecule has 14 heavy (non-hydrogen) atoms. The van der Waals surface area contributed by atoms with Gasteiger partial charge in [-0.3, -0.25) is 0 Å². The van der Waals surface area contributed by atoms with Gasteiger partial charge in [-0.05, 0) is 24.6 Å². The van der Waals surface area contributed by atoms with Crippen molar-refractivity contribution in [2.45, 2.75) is 6.92 Å². The first-order valence-electron chi connectivity index (χ1n) is 4.73. The molecule has 0 spiro atoms. The lowest BCUT2D eigenvalue weighted by atomic mass is 10.1. The van der Waals surface area contributed by atoms with E-state index < -0.39 is 0 Å². The molecule has 0 amide bonds. The Morgan fingerprint density at radius 1 is 1.29 bits per heavy atom. The summed E-state index contributed by atoms with van der Waals surface area (Å²) in [5, 5.41) is 3.25. The van der Waals surface area contributed by atoms with Crippen LogP contribution in [0.2, 0.25) is 0 Å². The maximum atomic E-state index is 3.99. The van der Waals surface area contributed by atoms with E-state index in [9.17, 15) is 0 Å². The maximum Gasteiger partial charge on any atom is 0.0924 e. The SMILES string of the molecule is CCNc1ccc(-c2cnc[nH]2)cc1. The first-order valence-corrected chi connectivity index (χ1v) is 4.73. The monoisotopic (exact) mass is 187 g/mol. The van der Waals surface area contributed by atoms with Crippen LogP contribution in [0, 0.1) is 0 Å². The number of hydrogen-bond donors (Lipinski definition) is 2. The molecule has 0 aliphatic heterocycles. The topological polar surface area (TPSA) is 40.7 Å². The molecular formula is C11H13N3. The molecule has 2 N–H and O–H groups in total. The summed E-state index contributed by atoms with van der Waals surface area (Å²) < 4.78 is 0. The van der Waals surface area contributed by atoms with Crippen molar-refractivity contribution in [1.29, 1.82) is 0 Å². The van der Waals surface area contributed by atoms with Crippen LogP contribution in [0.1, 0.15) is 6.92 Å². The number of nitrogens with one attached hydrogen (secondary N) is 2. The maximum absolute atomic E-state index is 3.99. The van der Waals surface area contributed by atoms with Crippen molar-refractivity contribution < 1.29 is 0 Å². The second-order valence-electron chi connectivity index (χ2n) is 3.07. The number of nitrogens with zero attached hydrogens (tertiary/aromatic N) is 1. The van der Waals surface area contributed by atoms with E-state index in [1.54, 1.807) is 6.33 Å². The Balaban J connectivity index is 2.22. The highest BCUT2D eigenvalue weighted by atomic mass is 14.9. The van der Waals surface area contributed by atoms with Crippen LogP contribution in [0.3, 0.4) is 0 Å². The smallest absolute Gasteiger partial charge is 0.0924 e. The van der Waals surface area contributed by atoms with E-state index in [0.29, 0.717) is 0 Å². The number of aromatic amines is 1. The van der Waals surface area contributed by atoms with Crippen LogP contribution in [0.25, 0.3) is 11.3 Å². The summed E-state index contributed by atoms with van der Waals surface area (Å²) in [6.45, 7) is 3.03. The van der Waals surface area contributed by atoms with Crippen LogP contribution in [-0.2, 0) is 0 Å². The third-order valence-corrected chi connectivity index (χ3v) is 2.08. The first kappa shape index (κ1) is 8.81. The number of imidazole rings is 1. The van der Waals surface area contributed by atoms with E-state index in [0.717, 1.165) is 23.5 Å². The van der Waals surface area contributed by atoms with Gasteiger partial charge in [0.1, 0.15) is 0 Å². The van der Waals surface area contributed by atoms with Crippen LogP contribution >= 0.6 is 0 Å². The number of hydrogen-bond acceptors (Lipinski definition) is 2. The standard InChI is InChI=1S/C11H13N3/c1-2-13-10-5-3-9(4-6-10)11-7-12-8-14-11/h3-8,13H,2H2,1H3,(H,12,14). The Morgan fingerprint density at radius 3 is 2.64 bits per heavy atom. The Morgan fingerprint density at radius 2 is 2.07 bits per heavy atom. The van der Waals surface area contributed by atoms with Gasteiger partial charge < -0.3 is 10.3 Å². The molecule has 0 aliphatic carbocycles. The molecular weight excluding hydrogens is 174 g/mol. The molecule has 0 aliphatic rings. The zero-order valence-corrected chi connectivity index (χ0v) is 8.12. The number of rotatable bonds is 3. The molecule has 0 unspecified atom stereocenters. The van der Waals surface area contributed by atoms with Crippen molar-refractivity contribution in [3.05, 3.63) is 36.8 Å². The predicted octanol–water partition coefficient (Wildman–Crippen LogP) is 2.51. The van der Waals surface area contributed by atoms with Crippen LogP contribution in [0.5, 0.6) is 0 Å². The van der Waals surface area contributed by atoms with Gasteiger partial charge in [-0.2, -0.15) is 0 Å². The van der Waals surface area contributed by atoms with E-state index >= 15 is 0 Å². The Labute approximate surface area is 83.2 Å². The molecule has 0 saturated heterocycles. The van der Waals surface area contributed by atoms with Gasteiger partial charge in [-0.1, -0.05) is 12.1 Å². The van der Waals surface area contributed by atoms with Gasteiger partial charge >= 0.3 is 0 Å². The molecule has 3 heteroatoms. The summed E-state index contributed by atoms with van der Waals surface area (Å²) in [4.78, 5) is 7.06. The Kier molecular flexibility index (Phi) is 2.49. The van der Waals surface area contributed by atoms with Crippen LogP contribution in [0.4, 0.5) is 5.69 Å². The summed E-state index contributed by atoms with van der Waals surface area (Å²) in [5.74, 6) is 0. The fourth-order valence-corrected chi connectivity index (χ4v) is 1.39. The number of benzene rings is 1. The van der Waals surface area contributed by atoms with E-state index in [4.69, 9.17) is 0 Å². The predicted molar refractivity (Wildman–Crippen MR) is 58.2 cm³/mol. The highest BCUT2D eigenvalue weighted by molar-refractivity contribution is 5.61. The molecule has 3 nitrogen and oxygen atoms in total. The van der Waals surface area contributed by atoms with E-state index in [1.807, 2.05) is 6.20 Å². The third-order valence-electron chi connectivity index (χ3n) is 2.08. The fraction of sp³-hybridized carbons (Fsp3) is 0.182. The molecule has 1 aromatic carbocycles. The Hall–Kier alpha value is -1.77. The lowest BCUT2D eigenvalue weighted by molar-refractivity contribution is 1.21. The van der Waals surface area contributed by atoms with Crippen molar-refractivity contribution in [3.8, 4) is 11.3 Å². The zero-order valence-electron chi connectivity index (χ0n) is 8.12. The summed E-state index contributed by atoms with van der Waals surface area (Å²) in [7, 11) is 0. The number of H-pyrrole nitrogens is 1. The van der Waals surface area contributed by atoms with Gasteiger partial charge in [-0.25, -0.2) is 4.98 Å². The Bertz CT molecular complexity index is 375. The fourth-order valence-electron chi connectivity index (χ4n) is 1.39. The minimum atomic E-state index is 0.948. The third kappa shape index (κ3) is 1.76. The largest absolute Gasteiger partial charge is 0.385 e. The lowest BCUT2D eigenvalue weighted by Gasteiger charge is -2.03. The van der Waals surface area contributed by atoms with Gasteiger partial charge in [-0.15, -0.1) is 0 Å². The van der Waals surface area contributed by atoms with Crippen molar-refractivity contribution in [1.82, 2.24) is 9.97 Å². The highest BCUT2D eigenvalue weighted by Gasteiger charge is 1.97. The van der Waals surface area contributed by atoms with E-state index in [2.05, 4.69) is 46.5 Å². The number of anilines is 1. The molecule has 0 bridgehead atoms. The van der Waals surface area contributed by atoms with Crippen molar-refractivity contribution in [3.63, 3.8) is 0 Å². The molecule has 2 rings (SSSR count). The van der Waals surface area contributed by atoms with Gasteiger partial charge in [0.25, 0.3) is 0 Å². The minimum absolute atomic E-state index is 0.948. The summed E-state index contributed by atoms with van der Waals surface area (Å²) in [6.07, 6.45) is 3.51. The average molecular weight is 187 g/mol. The lowest BCUT2D eigenvalue weighted by Crippen LogP contribution is -1.95. The molecule has 0 radical (unpaired) electrons. The minimum Gasteiger partial charge on any atom is -0.385 e. The summed E-state index contributed by atoms with van der Waals surface area (Å²) in [5.41, 5.74) is 3.35. The highest BCUT2D eigenvalue weighted by Crippen LogP contribution is 2.18. The van der Waals surface area contributed by atoms with Crippen molar-refractivity contribution in [2.75, 3.05) is 11.9 Å². The second kappa shape index (κ2) is 3.96. The molecule has 72 valence electrons. The molecule has 0 saturated carbocycles. The van der Waals surface area contributed by atoms with Crippen LogP contribution in [0.15, 0.2) is 36.8 Å². The molecule has 0 atom stereocenters. The van der Waals surface area contributed by atoms with Crippen molar-refractivity contribution in [2.24, 2.45) is 0 Å². The van der Waals surface area contributed by atoms with Gasteiger partial charge in [0.15, 0.2) is 0 Å². The summed E-state index contributed by atoms with van der Waals surface area (Å²) in [6, 6.07) is 8.29. The average Bonchev–Trinajstić information content (AvgIpc) is 2.72. The van der Waals surface area contributed by atoms with Gasteiger partial charge in [0, 0.05) is 12.2 Å². The first-order chi connectivity index (χ1) is 6.90. The molecule has 1 heterocycles. The number of aromatic nitrogens is 2. The molecule has 0 fully saturated rings. The van der Waals surface area contributed by atoms with E-state index in [1.165, 1.54) is 0 Å². The van der Waals surface area contributed by atoms with Gasteiger partial charge in [0.05, 0.1) is 18.2 Å². The second-order valence-corrected chi connectivity index (χ2v) is 3.07. The van der Waals surface area contributed by atoms with E-state index in [-0.39, 0.29) is 0 Å². The zero-order chi connectivity index (χ0) is 9.80. The summed E-state index contributed by atoms with van der Waals surface area (Å²) >= 11 is 0.